The fourth-order valence-corrected chi connectivity index (χ4v) is 3.20. The number of carboxylic acid groups (broad SMARTS) is 1. The zero-order valence-electron chi connectivity index (χ0n) is 16.7. The van der Waals surface area contributed by atoms with E-state index in [1.165, 1.54) is 4.90 Å². The van der Waals surface area contributed by atoms with Crippen LogP contribution in [0.3, 0.4) is 0 Å². The number of carbonyl (C=O) groups excluding carboxylic acids is 2. The van der Waals surface area contributed by atoms with E-state index >= 15 is 0 Å². The molecule has 9 heteroatoms. The van der Waals surface area contributed by atoms with Crippen LogP contribution in [-0.2, 0) is 30.5 Å². The van der Waals surface area contributed by atoms with E-state index in [9.17, 15) is 19.5 Å². The summed E-state index contributed by atoms with van der Waals surface area (Å²) in [6.45, 7) is 4.29. The summed E-state index contributed by atoms with van der Waals surface area (Å²) in [5, 5.41) is 12.2. The molecule has 0 bridgehead atoms. The second kappa shape index (κ2) is 12.4. The Morgan fingerprint density at radius 1 is 1.28 bits per heavy atom. The number of halogens is 1. The summed E-state index contributed by atoms with van der Waals surface area (Å²) in [5.41, 5.74) is 0.968. The van der Waals surface area contributed by atoms with Gasteiger partial charge in [-0.2, -0.15) is 0 Å². The molecule has 8 nitrogen and oxygen atoms in total. The van der Waals surface area contributed by atoms with Crippen LogP contribution in [0.25, 0.3) is 0 Å². The van der Waals surface area contributed by atoms with Crippen molar-refractivity contribution in [3.63, 3.8) is 0 Å². The van der Waals surface area contributed by atoms with Gasteiger partial charge in [-0.05, 0) is 32.3 Å². The number of benzene rings is 1. The average molecular weight is 429 g/mol. The van der Waals surface area contributed by atoms with Crippen LogP contribution in [0, 0.1) is 0 Å². The highest BCUT2D eigenvalue weighted by molar-refractivity contribution is 5.88. The lowest BCUT2D eigenvalue weighted by atomic mass is 10.2. The van der Waals surface area contributed by atoms with Crippen molar-refractivity contribution < 1.29 is 29.0 Å². The Hall–Kier alpha value is -2.16. The Bertz CT molecular complexity index is 672. The maximum Gasteiger partial charge on any atom is 0.326 e. The number of hydrogen-bond donors (Lipinski definition) is 2. The Labute approximate surface area is 177 Å². The number of carbonyl (C=O) groups is 3. The van der Waals surface area contributed by atoms with Gasteiger partial charge in [-0.15, -0.1) is 12.4 Å². The molecule has 0 aromatic heterocycles. The number of amides is 1. The number of esters is 1. The van der Waals surface area contributed by atoms with Crippen LogP contribution >= 0.6 is 12.4 Å². The van der Waals surface area contributed by atoms with Crippen LogP contribution in [0.1, 0.15) is 32.3 Å². The number of aliphatic carboxylic acids is 1. The predicted octanol–water partition coefficient (Wildman–Crippen LogP) is 1.61. The van der Waals surface area contributed by atoms with Gasteiger partial charge >= 0.3 is 11.9 Å². The van der Waals surface area contributed by atoms with Crippen molar-refractivity contribution in [1.82, 2.24) is 10.2 Å². The fraction of sp³-hybridized carbons (Fsp3) is 0.550. The second-order valence-corrected chi connectivity index (χ2v) is 6.72. The number of likely N-dealkylation sites (tertiary alicyclic amines) is 1. The lowest BCUT2D eigenvalue weighted by Gasteiger charge is -2.27. The maximum atomic E-state index is 12.7. The van der Waals surface area contributed by atoms with Gasteiger partial charge in [0.25, 0.3) is 0 Å². The van der Waals surface area contributed by atoms with Gasteiger partial charge in [0.05, 0.1) is 25.9 Å². The summed E-state index contributed by atoms with van der Waals surface area (Å²) in [5.74, 6) is -1.86. The predicted molar refractivity (Wildman–Crippen MR) is 109 cm³/mol. The van der Waals surface area contributed by atoms with Crippen LogP contribution in [0.4, 0.5) is 0 Å². The SMILES string of the molecule is CCOC(=O)[C@H](COCc1ccccc1)N[C@@H](C)C(=O)N1CCC[C@@H]1C(=O)O.Cl. The first-order valence-corrected chi connectivity index (χ1v) is 9.51. The summed E-state index contributed by atoms with van der Waals surface area (Å²) >= 11 is 0. The highest BCUT2D eigenvalue weighted by Crippen LogP contribution is 2.18. The third kappa shape index (κ3) is 7.30. The molecule has 2 N–H and O–H groups in total. The van der Waals surface area contributed by atoms with E-state index in [0.29, 0.717) is 26.0 Å². The molecule has 0 spiro atoms. The Morgan fingerprint density at radius 3 is 2.59 bits per heavy atom. The largest absolute Gasteiger partial charge is 0.480 e. The van der Waals surface area contributed by atoms with Gasteiger partial charge in [0.2, 0.25) is 5.91 Å². The lowest BCUT2D eigenvalue weighted by molar-refractivity contribution is -0.151. The molecule has 1 amide bonds. The van der Waals surface area contributed by atoms with Gasteiger partial charge in [0, 0.05) is 6.54 Å². The molecule has 1 saturated heterocycles. The summed E-state index contributed by atoms with van der Waals surface area (Å²) in [6.07, 6.45) is 1.09. The molecule has 3 atom stereocenters. The smallest absolute Gasteiger partial charge is 0.326 e. The van der Waals surface area contributed by atoms with Gasteiger partial charge in [-0.1, -0.05) is 30.3 Å². The van der Waals surface area contributed by atoms with Crippen LogP contribution in [0.2, 0.25) is 0 Å². The van der Waals surface area contributed by atoms with Crippen molar-refractivity contribution in [1.29, 1.82) is 0 Å². The molecule has 29 heavy (non-hydrogen) atoms. The molecule has 0 saturated carbocycles. The van der Waals surface area contributed by atoms with Crippen molar-refractivity contribution in [2.24, 2.45) is 0 Å². The van der Waals surface area contributed by atoms with Crippen molar-refractivity contribution in [3.05, 3.63) is 35.9 Å². The summed E-state index contributed by atoms with van der Waals surface area (Å²) in [7, 11) is 0. The first-order chi connectivity index (χ1) is 13.4. The molecule has 1 heterocycles. The highest BCUT2D eigenvalue weighted by Gasteiger charge is 2.37. The van der Waals surface area contributed by atoms with Crippen molar-refractivity contribution in [2.45, 2.75) is 51.4 Å². The van der Waals surface area contributed by atoms with Crippen LogP contribution in [0.15, 0.2) is 30.3 Å². The van der Waals surface area contributed by atoms with E-state index in [1.807, 2.05) is 30.3 Å². The van der Waals surface area contributed by atoms with Crippen molar-refractivity contribution >= 4 is 30.3 Å². The van der Waals surface area contributed by atoms with Crippen LogP contribution < -0.4 is 5.32 Å². The Morgan fingerprint density at radius 2 is 1.97 bits per heavy atom. The number of rotatable bonds is 10. The molecule has 1 fully saturated rings. The molecule has 0 radical (unpaired) electrons. The van der Waals surface area contributed by atoms with E-state index in [4.69, 9.17) is 9.47 Å². The first kappa shape index (κ1) is 24.9. The molecule has 1 aromatic rings. The molecule has 2 rings (SSSR count). The minimum Gasteiger partial charge on any atom is -0.480 e. The summed E-state index contributed by atoms with van der Waals surface area (Å²) in [6, 6.07) is 7.15. The average Bonchev–Trinajstić information content (AvgIpc) is 3.17. The molecule has 162 valence electrons. The molecule has 1 aliphatic rings. The fourth-order valence-electron chi connectivity index (χ4n) is 3.20. The quantitative estimate of drug-likeness (QED) is 0.545. The molecule has 0 aliphatic carbocycles. The Balaban J connectivity index is 0.00000420. The monoisotopic (exact) mass is 428 g/mol. The minimum atomic E-state index is -1.01. The summed E-state index contributed by atoms with van der Waals surface area (Å²) < 4.78 is 10.7. The zero-order valence-corrected chi connectivity index (χ0v) is 17.5. The summed E-state index contributed by atoms with van der Waals surface area (Å²) in [4.78, 5) is 37.6. The van der Waals surface area contributed by atoms with E-state index in [0.717, 1.165) is 5.56 Å². The van der Waals surface area contributed by atoms with Gasteiger partial charge in [-0.25, -0.2) is 4.79 Å². The standard InChI is InChI=1S/C20H28N2O6.ClH/c1-3-28-20(26)16(13-27-12-15-8-5-4-6-9-15)21-14(2)18(23)22-11-7-10-17(22)19(24)25;/h4-6,8-9,14,16-17,21H,3,7,10-13H2,1-2H3,(H,24,25);1H/t14-,16-,17+;/m0./s1. The molecule has 1 aromatic carbocycles. The normalized spacial score (nSPS) is 17.9. The van der Waals surface area contributed by atoms with Crippen molar-refractivity contribution in [2.75, 3.05) is 19.8 Å². The number of nitrogens with zero attached hydrogens (tertiary/aromatic N) is 1. The van der Waals surface area contributed by atoms with Gasteiger partial charge in [-0.3, -0.25) is 14.9 Å². The molecular weight excluding hydrogens is 400 g/mol. The minimum absolute atomic E-state index is 0. The van der Waals surface area contributed by atoms with Crippen molar-refractivity contribution in [3.8, 4) is 0 Å². The van der Waals surface area contributed by atoms with Crippen LogP contribution in [-0.4, -0.2) is 65.7 Å². The number of nitrogens with one attached hydrogen (secondary N) is 1. The van der Waals surface area contributed by atoms with E-state index < -0.39 is 30.1 Å². The van der Waals surface area contributed by atoms with E-state index in [-0.39, 0.29) is 31.5 Å². The number of carboxylic acids is 1. The molecule has 1 aliphatic heterocycles. The Kier molecular flexibility index (Phi) is 10.6. The van der Waals surface area contributed by atoms with Gasteiger partial charge < -0.3 is 19.5 Å². The van der Waals surface area contributed by atoms with Gasteiger partial charge in [0.1, 0.15) is 12.1 Å². The van der Waals surface area contributed by atoms with E-state index in [1.54, 1.807) is 13.8 Å². The number of ether oxygens (including phenoxy) is 2. The lowest BCUT2D eigenvalue weighted by Crippen LogP contribution is -2.54. The third-order valence-electron chi connectivity index (χ3n) is 4.61. The number of hydrogen-bond acceptors (Lipinski definition) is 6. The van der Waals surface area contributed by atoms with Gasteiger partial charge in [0.15, 0.2) is 0 Å². The molecule has 0 unspecified atom stereocenters. The first-order valence-electron chi connectivity index (χ1n) is 9.51. The second-order valence-electron chi connectivity index (χ2n) is 6.72. The highest BCUT2D eigenvalue weighted by atomic mass is 35.5. The zero-order chi connectivity index (χ0) is 20.5. The maximum absolute atomic E-state index is 12.7. The topological polar surface area (TPSA) is 105 Å². The van der Waals surface area contributed by atoms with Crippen LogP contribution in [0.5, 0.6) is 0 Å². The third-order valence-corrected chi connectivity index (χ3v) is 4.61. The van der Waals surface area contributed by atoms with E-state index in [2.05, 4.69) is 5.32 Å². The molecular formula is C20H29ClN2O6.